The fraction of sp³-hybridized carbons (Fsp3) is 0.929. The highest BCUT2D eigenvalue weighted by molar-refractivity contribution is 5.84. The highest BCUT2D eigenvalue weighted by atomic mass is 16.5. The first kappa shape index (κ1) is 13.8. The smallest absolute Gasteiger partial charge is 0.230 e. The van der Waals surface area contributed by atoms with Gasteiger partial charge in [-0.2, -0.15) is 0 Å². The first-order chi connectivity index (χ1) is 8.64. The standard InChI is InChI=1S/C14H26N2O2/c1-11(12-4-5-12)16(8-9-18-2)13(17)14(10-15)6-3-7-14/h11-12H,3-10,15H2,1-2H3. The second-order valence-electron chi connectivity index (χ2n) is 5.91. The van der Waals surface area contributed by atoms with Gasteiger partial charge in [0, 0.05) is 26.2 Å². The van der Waals surface area contributed by atoms with Crippen molar-refractivity contribution in [2.75, 3.05) is 26.8 Å². The molecule has 104 valence electrons. The topological polar surface area (TPSA) is 55.6 Å². The lowest BCUT2D eigenvalue weighted by molar-refractivity contribution is -0.150. The Morgan fingerprint density at radius 3 is 2.56 bits per heavy atom. The normalized spacial score (nSPS) is 23.3. The first-order valence-electron chi connectivity index (χ1n) is 7.15. The predicted octanol–water partition coefficient (Wildman–Crippen LogP) is 1.39. The molecular weight excluding hydrogens is 228 g/mol. The highest BCUT2D eigenvalue weighted by Crippen LogP contribution is 2.43. The number of hydrogen-bond acceptors (Lipinski definition) is 3. The van der Waals surface area contributed by atoms with E-state index in [-0.39, 0.29) is 11.3 Å². The molecule has 0 saturated heterocycles. The number of carbonyl (C=O) groups excluding carboxylic acids is 1. The molecule has 1 amide bonds. The Labute approximate surface area is 110 Å². The van der Waals surface area contributed by atoms with E-state index in [2.05, 4.69) is 6.92 Å². The van der Waals surface area contributed by atoms with Crippen LogP contribution in [0.4, 0.5) is 0 Å². The van der Waals surface area contributed by atoms with E-state index < -0.39 is 0 Å². The van der Waals surface area contributed by atoms with Crippen LogP contribution >= 0.6 is 0 Å². The van der Waals surface area contributed by atoms with Gasteiger partial charge in [-0.3, -0.25) is 4.79 Å². The van der Waals surface area contributed by atoms with Gasteiger partial charge in [-0.15, -0.1) is 0 Å². The SMILES string of the molecule is COCCN(C(=O)C1(CN)CCC1)C(C)C1CC1. The third kappa shape index (κ3) is 2.54. The molecule has 1 atom stereocenters. The number of ether oxygens (including phenoxy) is 1. The van der Waals surface area contributed by atoms with E-state index in [1.54, 1.807) is 7.11 Å². The molecule has 2 saturated carbocycles. The minimum Gasteiger partial charge on any atom is -0.383 e. The summed E-state index contributed by atoms with van der Waals surface area (Å²) in [5.41, 5.74) is 5.60. The van der Waals surface area contributed by atoms with Crippen LogP contribution in [-0.4, -0.2) is 43.7 Å². The van der Waals surface area contributed by atoms with Crippen LogP contribution in [-0.2, 0) is 9.53 Å². The maximum atomic E-state index is 12.7. The zero-order valence-electron chi connectivity index (χ0n) is 11.7. The van der Waals surface area contributed by atoms with Crippen LogP contribution in [0.2, 0.25) is 0 Å². The van der Waals surface area contributed by atoms with Crippen molar-refractivity contribution in [2.45, 2.75) is 45.1 Å². The lowest BCUT2D eigenvalue weighted by Gasteiger charge is -2.44. The Balaban J connectivity index is 2.04. The summed E-state index contributed by atoms with van der Waals surface area (Å²) in [5.74, 6) is 0.966. The van der Waals surface area contributed by atoms with Crippen LogP contribution in [0.5, 0.6) is 0 Å². The fourth-order valence-electron chi connectivity index (χ4n) is 2.93. The van der Waals surface area contributed by atoms with Crippen molar-refractivity contribution in [1.82, 2.24) is 4.90 Å². The average molecular weight is 254 g/mol. The summed E-state index contributed by atoms with van der Waals surface area (Å²) in [7, 11) is 1.69. The first-order valence-corrected chi connectivity index (χ1v) is 7.15. The van der Waals surface area contributed by atoms with Gasteiger partial charge in [0.2, 0.25) is 5.91 Å². The Kier molecular flexibility index (Phi) is 4.28. The summed E-state index contributed by atoms with van der Waals surface area (Å²) >= 11 is 0. The van der Waals surface area contributed by atoms with Gasteiger partial charge in [-0.25, -0.2) is 0 Å². The highest BCUT2D eigenvalue weighted by Gasteiger charge is 2.47. The van der Waals surface area contributed by atoms with Gasteiger partial charge >= 0.3 is 0 Å². The summed E-state index contributed by atoms with van der Waals surface area (Å²) in [5, 5.41) is 0. The largest absolute Gasteiger partial charge is 0.383 e. The second kappa shape index (κ2) is 5.57. The van der Waals surface area contributed by atoms with Gasteiger partial charge in [0.25, 0.3) is 0 Å². The van der Waals surface area contributed by atoms with Crippen molar-refractivity contribution in [3.05, 3.63) is 0 Å². The lowest BCUT2D eigenvalue weighted by atomic mass is 9.67. The number of hydrogen-bond donors (Lipinski definition) is 1. The second-order valence-corrected chi connectivity index (χ2v) is 5.91. The number of methoxy groups -OCH3 is 1. The number of nitrogens with two attached hydrogens (primary N) is 1. The van der Waals surface area contributed by atoms with E-state index in [0.717, 1.165) is 19.3 Å². The van der Waals surface area contributed by atoms with Crippen LogP contribution in [0, 0.1) is 11.3 Å². The van der Waals surface area contributed by atoms with Crippen LogP contribution in [0.15, 0.2) is 0 Å². The maximum absolute atomic E-state index is 12.7. The molecule has 2 rings (SSSR count). The quantitative estimate of drug-likeness (QED) is 0.747. The third-order valence-electron chi connectivity index (χ3n) is 4.75. The minimum absolute atomic E-state index is 0.253. The number of amides is 1. The molecule has 0 radical (unpaired) electrons. The monoisotopic (exact) mass is 254 g/mol. The van der Waals surface area contributed by atoms with Crippen molar-refractivity contribution in [3.8, 4) is 0 Å². The zero-order valence-corrected chi connectivity index (χ0v) is 11.7. The van der Waals surface area contributed by atoms with Crippen molar-refractivity contribution in [2.24, 2.45) is 17.1 Å². The summed E-state index contributed by atoms with van der Waals surface area (Å²) in [6.45, 7) is 3.99. The summed E-state index contributed by atoms with van der Waals surface area (Å²) in [6.07, 6.45) is 5.58. The maximum Gasteiger partial charge on any atom is 0.230 e. The Morgan fingerprint density at radius 1 is 1.50 bits per heavy atom. The minimum atomic E-state index is -0.253. The van der Waals surface area contributed by atoms with Crippen LogP contribution in [0.3, 0.4) is 0 Å². The molecule has 0 aromatic rings. The molecule has 1 unspecified atom stereocenters. The molecule has 2 N–H and O–H groups in total. The molecular formula is C14H26N2O2. The molecule has 18 heavy (non-hydrogen) atoms. The molecule has 2 fully saturated rings. The molecule has 0 bridgehead atoms. The number of nitrogens with zero attached hydrogens (tertiary/aromatic N) is 1. The predicted molar refractivity (Wildman–Crippen MR) is 71.1 cm³/mol. The summed E-state index contributed by atoms with van der Waals surface area (Å²) < 4.78 is 5.15. The molecule has 0 spiro atoms. The Morgan fingerprint density at radius 2 is 2.17 bits per heavy atom. The molecule has 4 nitrogen and oxygen atoms in total. The zero-order chi connectivity index (χ0) is 13.2. The van der Waals surface area contributed by atoms with Crippen molar-refractivity contribution >= 4 is 5.91 Å². The van der Waals surface area contributed by atoms with E-state index in [9.17, 15) is 4.79 Å². The van der Waals surface area contributed by atoms with Gasteiger partial charge < -0.3 is 15.4 Å². The molecule has 0 aliphatic heterocycles. The lowest BCUT2D eigenvalue weighted by Crippen LogP contribution is -2.55. The van der Waals surface area contributed by atoms with Gasteiger partial charge in [0.1, 0.15) is 0 Å². The molecule has 4 heteroatoms. The van der Waals surface area contributed by atoms with Crippen LogP contribution in [0.1, 0.15) is 39.0 Å². The van der Waals surface area contributed by atoms with Gasteiger partial charge in [0.05, 0.1) is 12.0 Å². The van der Waals surface area contributed by atoms with Crippen LogP contribution in [0.25, 0.3) is 0 Å². The van der Waals surface area contributed by atoms with Gasteiger partial charge in [-0.1, -0.05) is 6.42 Å². The van der Waals surface area contributed by atoms with Crippen molar-refractivity contribution in [3.63, 3.8) is 0 Å². The summed E-state index contributed by atoms with van der Waals surface area (Å²) in [4.78, 5) is 14.8. The van der Waals surface area contributed by atoms with Crippen molar-refractivity contribution < 1.29 is 9.53 Å². The van der Waals surface area contributed by atoms with E-state index in [4.69, 9.17) is 10.5 Å². The fourth-order valence-corrected chi connectivity index (χ4v) is 2.93. The number of carbonyl (C=O) groups is 1. The average Bonchev–Trinajstić information content (AvgIpc) is 3.12. The molecule has 2 aliphatic carbocycles. The molecule has 0 heterocycles. The summed E-state index contributed by atoms with van der Waals surface area (Å²) in [6, 6.07) is 0.344. The van der Waals surface area contributed by atoms with Crippen molar-refractivity contribution in [1.29, 1.82) is 0 Å². The Bertz CT molecular complexity index is 293. The van der Waals surface area contributed by atoms with E-state index in [1.165, 1.54) is 12.8 Å². The third-order valence-corrected chi connectivity index (χ3v) is 4.75. The van der Waals surface area contributed by atoms with E-state index in [0.29, 0.717) is 31.7 Å². The molecule has 0 aromatic heterocycles. The van der Waals surface area contributed by atoms with Crippen LogP contribution < -0.4 is 5.73 Å². The molecule has 0 aromatic carbocycles. The number of rotatable bonds is 7. The van der Waals surface area contributed by atoms with E-state index in [1.807, 2.05) is 4.90 Å². The Hall–Kier alpha value is -0.610. The van der Waals surface area contributed by atoms with Gasteiger partial charge in [0.15, 0.2) is 0 Å². The van der Waals surface area contributed by atoms with E-state index >= 15 is 0 Å². The molecule has 2 aliphatic rings. The van der Waals surface area contributed by atoms with Gasteiger partial charge in [-0.05, 0) is 38.5 Å².